The molecule has 0 unspecified atom stereocenters. The van der Waals surface area contributed by atoms with Crippen molar-refractivity contribution < 1.29 is 49.0 Å². The van der Waals surface area contributed by atoms with Crippen molar-refractivity contribution in [1.82, 2.24) is 0 Å². The fourth-order valence-electron chi connectivity index (χ4n) is 8.57. The minimum atomic E-state index is 0. The van der Waals surface area contributed by atoms with Crippen LogP contribution < -0.4 is 24.8 Å². The molecule has 0 heterocycles. The fourth-order valence-corrected chi connectivity index (χ4v) is 9.39. The molecule has 222 valence electrons. The molecule has 0 N–H and O–H groups in total. The molecule has 0 atom stereocenters. The van der Waals surface area contributed by atoms with Crippen molar-refractivity contribution in [3.05, 3.63) is 161 Å². The van der Waals surface area contributed by atoms with Gasteiger partial charge in [0.15, 0.2) is 0 Å². The van der Waals surface area contributed by atoms with Crippen LogP contribution >= 0.6 is 0 Å². The van der Waals surface area contributed by atoms with Gasteiger partial charge in [0.1, 0.15) is 0 Å². The predicted molar refractivity (Wildman–Crippen MR) is 171 cm³/mol. The maximum Gasteiger partial charge on any atom is -0.0253 e. The Bertz CT molecular complexity index is 1520. The summed E-state index contributed by atoms with van der Waals surface area (Å²) in [5.74, 6) is 3.23. The van der Waals surface area contributed by atoms with Crippen LogP contribution in [-0.2, 0) is 36.1 Å². The van der Waals surface area contributed by atoms with Crippen molar-refractivity contribution in [2.75, 3.05) is 0 Å². The Hall–Kier alpha value is -2.44. The maximum absolute atomic E-state index is 3.30. The second kappa shape index (κ2) is 14.8. The first kappa shape index (κ1) is 32.9. The van der Waals surface area contributed by atoms with Gasteiger partial charge in [0.05, 0.1) is 0 Å². The molecule has 0 nitrogen and oxygen atoms in total. The van der Waals surface area contributed by atoms with E-state index in [0.29, 0.717) is 5.41 Å². The zero-order chi connectivity index (χ0) is 28.4. The first-order chi connectivity index (χ1) is 20.7. The molecule has 5 aromatic carbocycles. The van der Waals surface area contributed by atoms with Crippen molar-refractivity contribution in [1.29, 1.82) is 0 Å². The molecule has 44 heavy (non-hydrogen) atoms. The third-order valence-electron chi connectivity index (χ3n) is 10.1. The number of halogens is 2. The van der Waals surface area contributed by atoms with Crippen LogP contribution in [0.15, 0.2) is 127 Å². The van der Waals surface area contributed by atoms with E-state index < -0.39 is 0 Å². The Kier molecular flexibility index (Phi) is 11.1. The summed E-state index contributed by atoms with van der Waals surface area (Å²) in [7, 11) is 0. The van der Waals surface area contributed by atoms with E-state index in [1.807, 2.05) is 6.07 Å². The van der Waals surface area contributed by atoms with E-state index in [2.05, 4.69) is 127 Å². The molecule has 0 spiro atoms. The van der Waals surface area contributed by atoms with Crippen molar-refractivity contribution in [2.24, 2.45) is 17.8 Å². The SMILES string of the molecule is [Cl-].[Cl-].[Zr+2]=[C](c1ccccc1)c1ccccc1.[c-]1cccc2c1Cc1ccccc1-2.c1cc(C23CC4CC(CC(C4)C2)C3)c[cH-]1. The summed E-state index contributed by atoms with van der Waals surface area (Å²) in [4.78, 5) is 0. The average molecular weight is 693 g/mol. The average Bonchev–Trinajstić information content (AvgIpc) is 3.71. The molecular formula is C41H38Cl2Zr-2. The van der Waals surface area contributed by atoms with Gasteiger partial charge in [-0.05, 0) is 43.4 Å². The van der Waals surface area contributed by atoms with Gasteiger partial charge in [0, 0.05) is 0 Å². The van der Waals surface area contributed by atoms with Gasteiger partial charge in [-0.15, -0.1) is 5.56 Å². The summed E-state index contributed by atoms with van der Waals surface area (Å²) < 4.78 is 1.42. The van der Waals surface area contributed by atoms with Crippen LogP contribution in [-0.4, -0.2) is 3.21 Å². The largest absolute Gasteiger partial charge is 0.210 e. The van der Waals surface area contributed by atoms with E-state index >= 15 is 0 Å². The van der Waals surface area contributed by atoms with E-state index in [9.17, 15) is 0 Å². The molecule has 0 radical (unpaired) electrons. The van der Waals surface area contributed by atoms with Crippen LogP contribution in [0.1, 0.15) is 66.3 Å². The number of fused-ring (bicyclic) bond motifs is 3. The van der Waals surface area contributed by atoms with E-state index in [0.717, 1.165) is 24.2 Å². The predicted octanol–water partition coefficient (Wildman–Crippen LogP) is 3.74. The molecular weight excluding hydrogens is 655 g/mol. The van der Waals surface area contributed by atoms with Crippen LogP contribution in [0, 0.1) is 23.8 Å². The second-order valence-corrected chi connectivity index (χ2v) is 14.1. The number of rotatable bonds is 3. The molecule has 10 rings (SSSR count). The second-order valence-electron chi connectivity index (χ2n) is 12.9. The molecule has 0 saturated heterocycles. The summed E-state index contributed by atoms with van der Waals surface area (Å²) in [6.07, 6.45) is 10.2. The minimum absolute atomic E-state index is 0. The summed E-state index contributed by atoms with van der Waals surface area (Å²) in [5.41, 5.74) is 10.5. The summed E-state index contributed by atoms with van der Waals surface area (Å²) >= 11 is 1.46. The van der Waals surface area contributed by atoms with Gasteiger partial charge in [-0.3, -0.25) is 0 Å². The number of benzene rings is 4. The Balaban J connectivity index is 0.000000128. The van der Waals surface area contributed by atoms with Crippen molar-refractivity contribution in [2.45, 2.75) is 50.4 Å². The maximum atomic E-state index is 3.30. The van der Waals surface area contributed by atoms with Crippen molar-refractivity contribution in [3.63, 3.8) is 0 Å². The number of hydrogen-bond acceptors (Lipinski definition) is 0. The third kappa shape index (κ3) is 7.02. The Labute approximate surface area is 290 Å². The summed E-state index contributed by atoms with van der Waals surface area (Å²) in [6, 6.07) is 48.4. The van der Waals surface area contributed by atoms with Crippen LogP contribution in [0.4, 0.5) is 0 Å². The molecule has 0 aliphatic heterocycles. The molecule has 4 bridgehead atoms. The standard InChI is InChI=1S/C15H19.C13H9.C13H10.2ClH.Zr/c1-2-4-14(3-1)15-8-11-5-12(9-15)7-13(6-11)10-15;1-3-7-12-10(5-1)9-11-6-2-4-8-13(11)12;1-3-7-12(8-4-1)11-13-9-5-2-6-10-13;;;/h1-4,11-13H,5-10H2;1-5,7-8H,9H2;1-10H;2*1H;/q2*-1;;;;+2/p-2. The summed E-state index contributed by atoms with van der Waals surface area (Å²) in [5, 5.41) is 0. The van der Waals surface area contributed by atoms with Crippen LogP contribution in [0.3, 0.4) is 0 Å². The monoisotopic (exact) mass is 690 g/mol. The van der Waals surface area contributed by atoms with Crippen LogP contribution in [0.5, 0.6) is 0 Å². The Morgan fingerprint density at radius 1 is 0.659 bits per heavy atom. The molecule has 5 aliphatic rings. The van der Waals surface area contributed by atoms with Gasteiger partial charge in [-0.2, -0.15) is 53.6 Å². The van der Waals surface area contributed by atoms with Crippen molar-refractivity contribution >= 4 is 3.21 Å². The minimum Gasteiger partial charge on any atom is -0.210 e. The first-order valence-electron chi connectivity index (χ1n) is 15.7. The van der Waals surface area contributed by atoms with Gasteiger partial charge >= 0.3 is 99.2 Å². The zero-order valence-electron chi connectivity index (χ0n) is 25.1. The number of hydrogen-bond donors (Lipinski definition) is 0. The molecule has 4 fully saturated rings. The molecule has 3 heteroatoms. The molecule has 0 amide bonds. The smallest absolute Gasteiger partial charge is 0.0253 e. The van der Waals surface area contributed by atoms with Crippen LogP contribution in [0.25, 0.3) is 11.1 Å². The van der Waals surface area contributed by atoms with Gasteiger partial charge in [-0.1, -0.05) is 60.1 Å². The van der Waals surface area contributed by atoms with E-state index in [1.54, 1.807) is 24.8 Å². The third-order valence-corrected chi connectivity index (χ3v) is 11.5. The van der Waals surface area contributed by atoms with Crippen molar-refractivity contribution in [3.8, 4) is 11.1 Å². The van der Waals surface area contributed by atoms with E-state index in [-0.39, 0.29) is 24.8 Å². The van der Waals surface area contributed by atoms with Gasteiger partial charge < -0.3 is 24.8 Å². The first-order valence-corrected chi connectivity index (χ1v) is 16.9. The Morgan fingerprint density at radius 2 is 1.20 bits per heavy atom. The molecule has 5 aromatic rings. The quantitative estimate of drug-likeness (QED) is 0.248. The molecule has 0 aromatic heterocycles. The summed E-state index contributed by atoms with van der Waals surface area (Å²) in [6.45, 7) is 0. The van der Waals surface area contributed by atoms with Gasteiger partial charge in [0.2, 0.25) is 0 Å². The van der Waals surface area contributed by atoms with Gasteiger partial charge in [0.25, 0.3) is 0 Å². The normalized spacial score (nSPS) is 22.9. The topological polar surface area (TPSA) is 0 Å². The van der Waals surface area contributed by atoms with Gasteiger partial charge in [-0.25, -0.2) is 6.07 Å². The van der Waals surface area contributed by atoms with E-state index in [4.69, 9.17) is 0 Å². The zero-order valence-corrected chi connectivity index (χ0v) is 29.0. The Morgan fingerprint density at radius 3 is 1.77 bits per heavy atom. The van der Waals surface area contributed by atoms with E-state index in [1.165, 1.54) is 80.1 Å². The fraction of sp³-hybridized carbons (Fsp3) is 0.268. The van der Waals surface area contributed by atoms with Crippen LogP contribution in [0.2, 0.25) is 0 Å². The molecule has 5 aliphatic carbocycles. The molecule has 4 saturated carbocycles.